The molecule has 0 unspecified atom stereocenters. The van der Waals surface area contributed by atoms with Crippen molar-refractivity contribution in [2.75, 3.05) is 20.3 Å². The van der Waals surface area contributed by atoms with Crippen molar-refractivity contribution < 1.29 is 18.7 Å². The van der Waals surface area contributed by atoms with Crippen molar-refractivity contribution in [3.63, 3.8) is 0 Å². The number of methoxy groups -OCH3 is 1. The summed E-state index contributed by atoms with van der Waals surface area (Å²) in [6.07, 6.45) is 0. The van der Waals surface area contributed by atoms with Gasteiger partial charge in [0.2, 0.25) is 0 Å². The minimum Gasteiger partial charge on any atom is -0.460 e. The molecule has 0 spiro atoms. The van der Waals surface area contributed by atoms with Crippen molar-refractivity contribution in [3.05, 3.63) is 46.9 Å². The number of hydrogen-bond donors (Lipinski definition) is 2. The number of thiocarbonyl (C=S) groups is 1. The number of hydrogen-bond acceptors (Lipinski definition) is 4. The van der Waals surface area contributed by atoms with E-state index in [0.717, 1.165) is 0 Å². The third-order valence-electron chi connectivity index (χ3n) is 3.19. The van der Waals surface area contributed by atoms with E-state index in [1.165, 1.54) is 19.2 Å². The summed E-state index contributed by atoms with van der Waals surface area (Å²) in [5, 5.41) is 6.24. The van der Waals surface area contributed by atoms with Gasteiger partial charge in [-0.2, -0.15) is 0 Å². The Morgan fingerprint density at radius 2 is 2.18 bits per heavy atom. The molecule has 1 aromatic carbocycles. The molecule has 22 heavy (non-hydrogen) atoms. The molecule has 1 aliphatic heterocycles. The lowest BCUT2D eigenvalue weighted by molar-refractivity contribution is -0.140. The molecule has 5 nitrogen and oxygen atoms in total. The minimum absolute atomic E-state index is 0.145. The van der Waals surface area contributed by atoms with Crippen LogP contribution in [0.3, 0.4) is 0 Å². The quantitative estimate of drug-likeness (QED) is 0.489. The summed E-state index contributed by atoms with van der Waals surface area (Å²) in [4.78, 5) is 12.3. The van der Waals surface area contributed by atoms with Crippen LogP contribution >= 0.6 is 12.2 Å². The van der Waals surface area contributed by atoms with Gasteiger partial charge in [-0.3, -0.25) is 0 Å². The first-order chi connectivity index (χ1) is 10.5. The molecule has 0 aromatic heterocycles. The summed E-state index contributed by atoms with van der Waals surface area (Å²) in [6, 6.07) is 5.46. The number of carbonyl (C=O) groups is 1. The number of ether oxygens (including phenoxy) is 2. The fraction of sp³-hybridized carbons (Fsp3) is 0.333. The lowest BCUT2D eigenvalue weighted by atomic mass is 9.95. The van der Waals surface area contributed by atoms with Crippen molar-refractivity contribution in [1.29, 1.82) is 0 Å². The predicted octanol–water partition coefficient (Wildman–Crippen LogP) is 1.81. The zero-order chi connectivity index (χ0) is 16.1. The first-order valence-corrected chi connectivity index (χ1v) is 7.13. The van der Waals surface area contributed by atoms with Crippen molar-refractivity contribution in [2.24, 2.45) is 0 Å². The summed E-state index contributed by atoms with van der Waals surface area (Å²) < 4.78 is 23.5. The average Bonchev–Trinajstić information content (AvgIpc) is 2.46. The molecule has 1 atom stereocenters. The second kappa shape index (κ2) is 7.33. The molecular weight excluding hydrogens is 307 g/mol. The normalized spacial score (nSPS) is 17.8. The largest absolute Gasteiger partial charge is 0.460 e. The molecule has 0 aliphatic carbocycles. The third kappa shape index (κ3) is 3.80. The average molecular weight is 324 g/mol. The summed E-state index contributed by atoms with van der Waals surface area (Å²) in [6.45, 7) is 2.18. The summed E-state index contributed by atoms with van der Waals surface area (Å²) in [5.41, 5.74) is 1.55. The summed E-state index contributed by atoms with van der Waals surface area (Å²) >= 11 is 5.12. The van der Waals surface area contributed by atoms with E-state index >= 15 is 0 Å². The molecule has 0 saturated heterocycles. The van der Waals surface area contributed by atoms with E-state index in [4.69, 9.17) is 21.7 Å². The molecule has 118 valence electrons. The molecule has 0 radical (unpaired) electrons. The Morgan fingerprint density at radius 3 is 2.86 bits per heavy atom. The van der Waals surface area contributed by atoms with Crippen LogP contribution in [-0.2, 0) is 14.3 Å². The highest BCUT2D eigenvalue weighted by atomic mass is 32.1. The second-order valence-corrected chi connectivity index (χ2v) is 5.16. The van der Waals surface area contributed by atoms with Gasteiger partial charge in [-0.15, -0.1) is 0 Å². The lowest BCUT2D eigenvalue weighted by Crippen LogP contribution is -2.45. The lowest BCUT2D eigenvalue weighted by Gasteiger charge is -2.29. The Kier molecular flexibility index (Phi) is 5.46. The Morgan fingerprint density at radius 1 is 1.41 bits per heavy atom. The SMILES string of the molecule is COCCOC(=O)C1=C(C)NC(=S)N[C@@H]1c1cccc(F)c1. The van der Waals surface area contributed by atoms with Gasteiger partial charge in [-0.05, 0) is 36.8 Å². The highest BCUT2D eigenvalue weighted by Crippen LogP contribution is 2.27. The van der Waals surface area contributed by atoms with E-state index in [1.807, 2.05) is 0 Å². The van der Waals surface area contributed by atoms with Crippen LogP contribution in [-0.4, -0.2) is 31.4 Å². The topological polar surface area (TPSA) is 59.6 Å². The summed E-state index contributed by atoms with van der Waals surface area (Å²) in [5.74, 6) is -0.875. The molecule has 0 bridgehead atoms. The van der Waals surface area contributed by atoms with Crippen LogP contribution in [0.2, 0.25) is 0 Å². The van der Waals surface area contributed by atoms with Gasteiger partial charge in [-0.25, -0.2) is 9.18 Å². The van der Waals surface area contributed by atoms with Gasteiger partial charge >= 0.3 is 5.97 Å². The summed E-state index contributed by atoms with van der Waals surface area (Å²) in [7, 11) is 1.52. The fourth-order valence-electron chi connectivity index (χ4n) is 2.20. The smallest absolute Gasteiger partial charge is 0.338 e. The minimum atomic E-state index is -0.556. The second-order valence-electron chi connectivity index (χ2n) is 4.75. The monoisotopic (exact) mass is 324 g/mol. The number of benzene rings is 1. The van der Waals surface area contributed by atoms with Gasteiger partial charge < -0.3 is 20.1 Å². The van der Waals surface area contributed by atoms with Crippen molar-refractivity contribution >= 4 is 23.3 Å². The van der Waals surface area contributed by atoms with Gasteiger partial charge in [0, 0.05) is 12.8 Å². The number of rotatable bonds is 5. The zero-order valence-corrected chi connectivity index (χ0v) is 13.1. The van der Waals surface area contributed by atoms with Crippen LogP contribution < -0.4 is 10.6 Å². The van der Waals surface area contributed by atoms with Gasteiger partial charge in [0.25, 0.3) is 0 Å². The highest BCUT2D eigenvalue weighted by Gasteiger charge is 2.31. The molecule has 0 saturated carbocycles. The standard InChI is InChI=1S/C15H17FN2O3S/c1-9-12(14(19)21-7-6-20-2)13(18-15(22)17-9)10-4-3-5-11(16)8-10/h3-5,8,13H,6-7H2,1-2H3,(H2,17,18,22)/t13-/m1/s1. The molecule has 2 N–H and O–H groups in total. The Labute approximate surface area is 133 Å². The molecule has 0 amide bonds. The van der Waals surface area contributed by atoms with Crippen molar-refractivity contribution in [3.8, 4) is 0 Å². The maximum Gasteiger partial charge on any atom is 0.338 e. The maximum atomic E-state index is 13.5. The van der Waals surface area contributed by atoms with Crippen LogP contribution in [0, 0.1) is 5.82 Å². The molecule has 2 rings (SSSR count). The van der Waals surface area contributed by atoms with Crippen LogP contribution in [0.1, 0.15) is 18.5 Å². The highest BCUT2D eigenvalue weighted by molar-refractivity contribution is 7.80. The first-order valence-electron chi connectivity index (χ1n) is 6.72. The number of nitrogens with one attached hydrogen (secondary N) is 2. The molecule has 1 aromatic rings. The van der Waals surface area contributed by atoms with Gasteiger partial charge in [0.05, 0.1) is 18.2 Å². The molecule has 1 aliphatic rings. The maximum absolute atomic E-state index is 13.5. The van der Waals surface area contributed by atoms with Crippen LogP contribution in [0.4, 0.5) is 4.39 Å². The molecular formula is C15H17FN2O3S. The zero-order valence-electron chi connectivity index (χ0n) is 12.3. The molecule has 1 heterocycles. The van der Waals surface area contributed by atoms with Gasteiger partial charge in [0.15, 0.2) is 5.11 Å². The number of carbonyl (C=O) groups excluding carboxylic acids is 1. The van der Waals surface area contributed by atoms with E-state index in [1.54, 1.807) is 19.1 Å². The van der Waals surface area contributed by atoms with E-state index < -0.39 is 12.0 Å². The fourth-order valence-corrected chi connectivity index (χ4v) is 2.47. The van der Waals surface area contributed by atoms with Crippen molar-refractivity contribution in [1.82, 2.24) is 10.6 Å². The van der Waals surface area contributed by atoms with E-state index in [-0.39, 0.29) is 12.4 Å². The van der Waals surface area contributed by atoms with E-state index in [0.29, 0.717) is 28.6 Å². The first kappa shape index (κ1) is 16.4. The van der Waals surface area contributed by atoms with Crippen LogP contribution in [0.15, 0.2) is 35.5 Å². The van der Waals surface area contributed by atoms with Gasteiger partial charge in [-0.1, -0.05) is 12.1 Å². The van der Waals surface area contributed by atoms with E-state index in [9.17, 15) is 9.18 Å². The van der Waals surface area contributed by atoms with Gasteiger partial charge in [0.1, 0.15) is 12.4 Å². The molecule has 7 heteroatoms. The Hall–Kier alpha value is -1.99. The van der Waals surface area contributed by atoms with Crippen LogP contribution in [0.25, 0.3) is 0 Å². The molecule has 0 fully saturated rings. The van der Waals surface area contributed by atoms with E-state index in [2.05, 4.69) is 10.6 Å². The van der Waals surface area contributed by atoms with Crippen LogP contribution in [0.5, 0.6) is 0 Å². The Bertz CT molecular complexity index is 619. The Balaban J connectivity index is 2.30. The van der Waals surface area contributed by atoms with Crippen molar-refractivity contribution in [2.45, 2.75) is 13.0 Å². The number of esters is 1. The number of allylic oxidation sites excluding steroid dienone is 1. The number of halogens is 1. The predicted molar refractivity (Wildman–Crippen MR) is 83.5 cm³/mol. The third-order valence-corrected chi connectivity index (χ3v) is 3.41.